The molecule has 0 spiro atoms. The lowest BCUT2D eigenvalue weighted by Crippen LogP contribution is -2.16. The first kappa shape index (κ1) is 15.4. The van der Waals surface area contributed by atoms with Crippen molar-refractivity contribution >= 4 is 12.4 Å². The van der Waals surface area contributed by atoms with Gasteiger partial charge in [-0.25, -0.2) is 0 Å². The van der Waals surface area contributed by atoms with Gasteiger partial charge >= 0.3 is 0 Å². The monoisotopic (exact) mass is 243 g/mol. The minimum absolute atomic E-state index is 0. The van der Waals surface area contributed by atoms with E-state index in [1.165, 1.54) is 11.1 Å². The molecule has 16 heavy (non-hydrogen) atoms. The summed E-state index contributed by atoms with van der Waals surface area (Å²) in [5.74, 6) is 0. The average Bonchev–Trinajstić information content (AvgIpc) is 2.25. The van der Waals surface area contributed by atoms with Gasteiger partial charge in [-0.3, -0.25) is 0 Å². The molecule has 3 heteroatoms. The molecular weight excluding hydrogens is 222 g/mol. The van der Waals surface area contributed by atoms with E-state index in [0.29, 0.717) is 0 Å². The van der Waals surface area contributed by atoms with Crippen molar-refractivity contribution in [2.75, 3.05) is 19.8 Å². The first-order chi connectivity index (χ1) is 7.34. The van der Waals surface area contributed by atoms with Crippen LogP contribution in [0.1, 0.15) is 24.5 Å². The lowest BCUT2D eigenvalue weighted by Gasteiger charge is -2.07. The Kier molecular flexibility index (Phi) is 9.30. The van der Waals surface area contributed by atoms with E-state index < -0.39 is 0 Å². The molecule has 0 atom stereocenters. The number of benzene rings is 1. The first-order valence-corrected chi connectivity index (χ1v) is 5.67. The predicted octanol–water partition coefficient (Wildman–Crippen LogP) is 2.93. The molecule has 0 saturated heterocycles. The molecule has 1 aromatic rings. The van der Waals surface area contributed by atoms with Gasteiger partial charge in [-0.2, -0.15) is 0 Å². The van der Waals surface area contributed by atoms with E-state index in [1.54, 1.807) is 0 Å². The number of rotatable bonds is 7. The summed E-state index contributed by atoms with van der Waals surface area (Å²) in [6.07, 6.45) is 1.08. The summed E-state index contributed by atoms with van der Waals surface area (Å²) in [7, 11) is 0. The van der Waals surface area contributed by atoms with Crippen LogP contribution in [0.15, 0.2) is 24.3 Å². The summed E-state index contributed by atoms with van der Waals surface area (Å²) < 4.78 is 5.27. The molecule has 1 aromatic carbocycles. The third-order valence-corrected chi connectivity index (χ3v) is 2.42. The molecule has 0 saturated carbocycles. The minimum atomic E-state index is 0. The van der Waals surface area contributed by atoms with E-state index in [-0.39, 0.29) is 12.4 Å². The number of aryl methyl sites for hydroxylation is 1. The standard InChI is InChI=1S/C13H21NO.ClH/c1-3-15-10-6-9-14-11-13-8-5-4-7-12(13)2;/h4-5,7-8,14H,3,6,9-11H2,1-2H3;1H. The zero-order valence-corrected chi connectivity index (χ0v) is 11.0. The molecule has 1 N–H and O–H groups in total. The van der Waals surface area contributed by atoms with Crippen molar-refractivity contribution in [2.45, 2.75) is 26.8 Å². The number of hydrogen-bond donors (Lipinski definition) is 1. The summed E-state index contributed by atoms with van der Waals surface area (Å²) in [4.78, 5) is 0. The molecule has 0 heterocycles. The molecule has 0 aromatic heterocycles. The Bertz CT molecular complexity index is 278. The van der Waals surface area contributed by atoms with Crippen LogP contribution in [0.5, 0.6) is 0 Å². The summed E-state index contributed by atoms with van der Waals surface area (Å²) in [6.45, 7) is 7.83. The van der Waals surface area contributed by atoms with Gasteiger partial charge in [0.2, 0.25) is 0 Å². The molecule has 0 unspecified atom stereocenters. The van der Waals surface area contributed by atoms with Crippen LogP contribution in [0.4, 0.5) is 0 Å². The highest BCUT2D eigenvalue weighted by molar-refractivity contribution is 5.85. The third-order valence-electron chi connectivity index (χ3n) is 2.42. The quantitative estimate of drug-likeness (QED) is 0.744. The zero-order valence-electron chi connectivity index (χ0n) is 10.2. The van der Waals surface area contributed by atoms with E-state index in [4.69, 9.17) is 4.74 Å². The Labute approximate surface area is 105 Å². The second-order valence-corrected chi connectivity index (χ2v) is 3.65. The maximum atomic E-state index is 5.27. The number of ether oxygens (including phenoxy) is 1. The Morgan fingerprint density at radius 1 is 1.25 bits per heavy atom. The topological polar surface area (TPSA) is 21.3 Å². The highest BCUT2D eigenvalue weighted by atomic mass is 35.5. The molecule has 0 aliphatic rings. The van der Waals surface area contributed by atoms with Crippen LogP contribution in [0, 0.1) is 6.92 Å². The van der Waals surface area contributed by atoms with Crippen molar-refractivity contribution < 1.29 is 4.74 Å². The molecule has 92 valence electrons. The van der Waals surface area contributed by atoms with Gasteiger partial charge in [-0.05, 0) is 37.9 Å². The fourth-order valence-corrected chi connectivity index (χ4v) is 1.48. The van der Waals surface area contributed by atoms with Crippen LogP contribution in [-0.2, 0) is 11.3 Å². The molecular formula is C13H22ClNO. The number of nitrogens with one attached hydrogen (secondary N) is 1. The van der Waals surface area contributed by atoms with Crippen LogP contribution in [0.2, 0.25) is 0 Å². The van der Waals surface area contributed by atoms with Crippen LogP contribution in [0.3, 0.4) is 0 Å². The Morgan fingerprint density at radius 3 is 2.69 bits per heavy atom. The molecule has 1 rings (SSSR count). The molecule has 0 aliphatic heterocycles. The molecule has 0 fully saturated rings. The van der Waals surface area contributed by atoms with Gasteiger partial charge in [0.25, 0.3) is 0 Å². The smallest absolute Gasteiger partial charge is 0.0477 e. The van der Waals surface area contributed by atoms with E-state index >= 15 is 0 Å². The van der Waals surface area contributed by atoms with Gasteiger partial charge in [0, 0.05) is 19.8 Å². The fourth-order valence-electron chi connectivity index (χ4n) is 1.48. The Morgan fingerprint density at radius 2 is 2.00 bits per heavy atom. The van der Waals surface area contributed by atoms with Crippen LogP contribution in [0.25, 0.3) is 0 Å². The van der Waals surface area contributed by atoms with E-state index in [9.17, 15) is 0 Å². The first-order valence-electron chi connectivity index (χ1n) is 5.67. The van der Waals surface area contributed by atoms with Crippen LogP contribution < -0.4 is 5.32 Å². The highest BCUT2D eigenvalue weighted by Gasteiger charge is 1.95. The molecule has 0 radical (unpaired) electrons. The third kappa shape index (κ3) is 6.11. The Balaban J connectivity index is 0.00000225. The predicted molar refractivity (Wildman–Crippen MR) is 71.2 cm³/mol. The second-order valence-electron chi connectivity index (χ2n) is 3.65. The molecule has 2 nitrogen and oxygen atoms in total. The summed E-state index contributed by atoms with van der Waals surface area (Å²) >= 11 is 0. The molecule has 0 amide bonds. The van der Waals surface area contributed by atoms with E-state index in [2.05, 4.69) is 36.5 Å². The number of halogens is 1. The largest absolute Gasteiger partial charge is 0.382 e. The van der Waals surface area contributed by atoms with Crippen molar-refractivity contribution in [2.24, 2.45) is 0 Å². The average molecular weight is 244 g/mol. The molecule has 0 bridgehead atoms. The summed E-state index contributed by atoms with van der Waals surface area (Å²) in [5.41, 5.74) is 2.74. The van der Waals surface area contributed by atoms with E-state index in [0.717, 1.165) is 32.7 Å². The number of hydrogen-bond acceptors (Lipinski definition) is 2. The lowest BCUT2D eigenvalue weighted by atomic mass is 10.1. The maximum Gasteiger partial charge on any atom is 0.0477 e. The minimum Gasteiger partial charge on any atom is -0.382 e. The van der Waals surface area contributed by atoms with Crippen LogP contribution in [-0.4, -0.2) is 19.8 Å². The highest BCUT2D eigenvalue weighted by Crippen LogP contribution is 2.05. The van der Waals surface area contributed by atoms with Crippen molar-refractivity contribution in [3.05, 3.63) is 35.4 Å². The summed E-state index contributed by atoms with van der Waals surface area (Å²) in [5, 5.41) is 3.42. The van der Waals surface area contributed by atoms with Crippen molar-refractivity contribution in [3.8, 4) is 0 Å². The maximum absolute atomic E-state index is 5.27. The van der Waals surface area contributed by atoms with Crippen molar-refractivity contribution in [1.29, 1.82) is 0 Å². The van der Waals surface area contributed by atoms with Gasteiger partial charge < -0.3 is 10.1 Å². The normalized spacial score (nSPS) is 9.88. The van der Waals surface area contributed by atoms with Gasteiger partial charge in [0.05, 0.1) is 0 Å². The van der Waals surface area contributed by atoms with Crippen molar-refractivity contribution in [1.82, 2.24) is 5.32 Å². The Hall–Kier alpha value is -0.570. The van der Waals surface area contributed by atoms with Gasteiger partial charge in [-0.15, -0.1) is 12.4 Å². The fraction of sp³-hybridized carbons (Fsp3) is 0.538. The van der Waals surface area contributed by atoms with E-state index in [1.807, 2.05) is 6.92 Å². The van der Waals surface area contributed by atoms with Gasteiger partial charge in [-0.1, -0.05) is 24.3 Å². The molecule has 0 aliphatic carbocycles. The van der Waals surface area contributed by atoms with Crippen LogP contribution >= 0.6 is 12.4 Å². The lowest BCUT2D eigenvalue weighted by molar-refractivity contribution is 0.144. The van der Waals surface area contributed by atoms with Gasteiger partial charge in [0.15, 0.2) is 0 Å². The van der Waals surface area contributed by atoms with Gasteiger partial charge in [0.1, 0.15) is 0 Å². The summed E-state index contributed by atoms with van der Waals surface area (Å²) in [6, 6.07) is 8.49. The zero-order chi connectivity index (χ0) is 10.9. The second kappa shape index (κ2) is 9.64. The SMILES string of the molecule is CCOCCCNCc1ccccc1C.Cl. The van der Waals surface area contributed by atoms with Crippen molar-refractivity contribution in [3.63, 3.8) is 0 Å².